The quantitative estimate of drug-likeness (QED) is 0.804. The first-order valence-electron chi connectivity index (χ1n) is 6.84. The van der Waals surface area contributed by atoms with Gasteiger partial charge in [0.15, 0.2) is 0 Å². The maximum Gasteiger partial charge on any atom is 0.0451 e. The van der Waals surface area contributed by atoms with Crippen LogP contribution >= 0.6 is 27.5 Å². The average Bonchev–Trinajstić information content (AvgIpc) is 2.40. The van der Waals surface area contributed by atoms with E-state index in [4.69, 9.17) is 11.6 Å². The van der Waals surface area contributed by atoms with E-state index < -0.39 is 0 Å². The molecule has 0 saturated heterocycles. The lowest BCUT2D eigenvalue weighted by molar-refractivity contribution is 0.280. The van der Waals surface area contributed by atoms with Crippen molar-refractivity contribution in [3.8, 4) is 0 Å². The van der Waals surface area contributed by atoms with Gasteiger partial charge in [0.1, 0.15) is 0 Å². The zero-order valence-corrected chi connectivity index (χ0v) is 13.2. The monoisotopic (exact) mass is 329 g/mol. The van der Waals surface area contributed by atoms with E-state index in [1.54, 1.807) is 0 Å². The Bertz CT molecular complexity index is 388. The van der Waals surface area contributed by atoms with Crippen LogP contribution in [0.2, 0.25) is 5.02 Å². The topological polar surface area (TPSA) is 12.0 Å². The molecule has 1 aromatic rings. The molecular weight excluding hydrogens is 310 g/mol. The highest BCUT2D eigenvalue weighted by Crippen LogP contribution is 2.27. The molecule has 3 heteroatoms. The molecule has 0 radical (unpaired) electrons. The van der Waals surface area contributed by atoms with Gasteiger partial charge in [-0.15, -0.1) is 0 Å². The fraction of sp³-hybridized carbons (Fsp3) is 0.600. The van der Waals surface area contributed by atoms with Crippen LogP contribution in [0.15, 0.2) is 22.7 Å². The van der Waals surface area contributed by atoms with Gasteiger partial charge >= 0.3 is 0 Å². The minimum absolute atomic E-state index is 0.584. The van der Waals surface area contributed by atoms with Gasteiger partial charge in [0.25, 0.3) is 0 Å². The first-order chi connectivity index (χ1) is 8.66. The summed E-state index contributed by atoms with van der Waals surface area (Å²) in [5.41, 5.74) is 1.17. The van der Waals surface area contributed by atoms with Crippen molar-refractivity contribution in [3.05, 3.63) is 33.3 Å². The first-order valence-corrected chi connectivity index (χ1v) is 8.01. The van der Waals surface area contributed by atoms with Gasteiger partial charge in [-0.3, -0.25) is 0 Å². The zero-order valence-electron chi connectivity index (χ0n) is 10.9. The van der Waals surface area contributed by atoms with Crippen LogP contribution in [0.1, 0.15) is 44.6 Å². The summed E-state index contributed by atoms with van der Waals surface area (Å²) in [6.45, 7) is 3.16. The number of nitrogens with one attached hydrogen (secondary N) is 1. The molecule has 0 unspecified atom stereocenters. The average molecular weight is 331 g/mol. The summed E-state index contributed by atoms with van der Waals surface area (Å²) in [5.74, 6) is 0.838. The molecule has 2 rings (SSSR count). The molecule has 1 aliphatic carbocycles. The van der Waals surface area contributed by atoms with Crippen molar-refractivity contribution in [1.29, 1.82) is 0 Å². The molecule has 1 fully saturated rings. The fourth-order valence-corrected chi connectivity index (χ4v) is 3.34. The predicted octanol–water partition coefficient (Wildman–Crippen LogP) is 5.16. The van der Waals surface area contributed by atoms with Crippen LogP contribution in [0.5, 0.6) is 0 Å². The number of rotatable bonds is 4. The van der Waals surface area contributed by atoms with Gasteiger partial charge in [0, 0.05) is 22.1 Å². The number of hydrogen-bond donors (Lipinski definition) is 1. The van der Waals surface area contributed by atoms with Crippen molar-refractivity contribution >= 4 is 27.5 Å². The first kappa shape index (κ1) is 14.4. The van der Waals surface area contributed by atoms with Crippen LogP contribution in [0.4, 0.5) is 0 Å². The maximum absolute atomic E-state index is 6.20. The van der Waals surface area contributed by atoms with Crippen molar-refractivity contribution < 1.29 is 0 Å². The van der Waals surface area contributed by atoms with Crippen LogP contribution in [0, 0.1) is 5.92 Å². The molecule has 1 saturated carbocycles. The molecular formula is C15H21BrClN. The lowest BCUT2D eigenvalue weighted by Gasteiger charge is -2.28. The highest BCUT2D eigenvalue weighted by Gasteiger charge is 2.19. The summed E-state index contributed by atoms with van der Waals surface area (Å²) in [5, 5.41) is 4.48. The predicted molar refractivity (Wildman–Crippen MR) is 82.0 cm³/mol. The van der Waals surface area contributed by atoms with Crippen molar-refractivity contribution in [2.24, 2.45) is 5.92 Å². The van der Waals surface area contributed by atoms with Crippen molar-refractivity contribution in [2.75, 3.05) is 0 Å². The summed E-state index contributed by atoms with van der Waals surface area (Å²) >= 11 is 9.70. The number of hydrogen-bond acceptors (Lipinski definition) is 1. The second kappa shape index (κ2) is 6.93. The molecule has 0 aromatic heterocycles. The Morgan fingerprint density at radius 1 is 1.33 bits per heavy atom. The van der Waals surface area contributed by atoms with E-state index in [9.17, 15) is 0 Å². The Kier molecular flexibility index (Phi) is 5.53. The molecule has 1 atom stereocenters. The van der Waals surface area contributed by atoms with Crippen molar-refractivity contribution in [1.82, 2.24) is 5.32 Å². The normalized spacial score (nSPS) is 18.8. The Hall–Kier alpha value is -0.0500. The Morgan fingerprint density at radius 3 is 2.78 bits per heavy atom. The molecule has 0 bridgehead atoms. The lowest BCUT2D eigenvalue weighted by atomic mass is 9.84. The highest BCUT2D eigenvalue weighted by molar-refractivity contribution is 9.10. The van der Waals surface area contributed by atoms with E-state index in [1.807, 2.05) is 12.1 Å². The van der Waals surface area contributed by atoms with E-state index in [2.05, 4.69) is 34.2 Å². The van der Waals surface area contributed by atoms with Crippen LogP contribution in [-0.2, 0) is 6.54 Å². The second-order valence-corrected chi connectivity index (χ2v) is 6.63. The lowest BCUT2D eigenvalue weighted by Crippen LogP contribution is -2.34. The number of benzene rings is 1. The molecule has 0 heterocycles. The van der Waals surface area contributed by atoms with Gasteiger partial charge in [-0.05, 0) is 49.4 Å². The SMILES string of the molecule is C[C@@H](NCc1cc(Br)ccc1Cl)C1CCCCC1. The molecule has 1 N–H and O–H groups in total. The van der Waals surface area contributed by atoms with Gasteiger partial charge in [-0.25, -0.2) is 0 Å². The molecule has 1 aromatic carbocycles. The fourth-order valence-electron chi connectivity index (χ4n) is 2.75. The summed E-state index contributed by atoms with van der Waals surface area (Å²) in [6, 6.07) is 6.62. The largest absolute Gasteiger partial charge is 0.310 e. The van der Waals surface area contributed by atoms with Gasteiger partial charge in [0.05, 0.1) is 0 Å². The molecule has 18 heavy (non-hydrogen) atoms. The third-order valence-corrected chi connectivity index (χ3v) is 4.84. The van der Waals surface area contributed by atoms with Gasteiger partial charge in [-0.1, -0.05) is 46.8 Å². The summed E-state index contributed by atoms with van der Waals surface area (Å²) in [4.78, 5) is 0. The number of halogens is 2. The third-order valence-electron chi connectivity index (χ3n) is 3.98. The van der Waals surface area contributed by atoms with E-state index >= 15 is 0 Å². The Balaban J connectivity index is 1.88. The van der Waals surface area contributed by atoms with E-state index in [1.165, 1.54) is 37.7 Å². The van der Waals surface area contributed by atoms with Crippen LogP contribution in [0.3, 0.4) is 0 Å². The summed E-state index contributed by atoms with van der Waals surface area (Å²) in [6.07, 6.45) is 6.96. The molecule has 100 valence electrons. The minimum atomic E-state index is 0.584. The van der Waals surface area contributed by atoms with Crippen LogP contribution < -0.4 is 5.32 Å². The van der Waals surface area contributed by atoms with Crippen LogP contribution in [-0.4, -0.2) is 6.04 Å². The standard InChI is InChI=1S/C15H21BrClN/c1-11(12-5-3-2-4-6-12)18-10-13-9-14(16)7-8-15(13)17/h7-9,11-12,18H,2-6,10H2,1H3/t11-/m1/s1. The Morgan fingerprint density at radius 2 is 2.06 bits per heavy atom. The zero-order chi connectivity index (χ0) is 13.0. The van der Waals surface area contributed by atoms with Gasteiger partial charge < -0.3 is 5.32 Å². The van der Waals surface area contributed by atoms with E-state index in [0.717, 1.165) is 22.0 Å². The molecule has 1 aliphatic rings. The van der Waals surface area contributed by atoms with E-state index in [0.29, 0.717) is 6.04 Å². The molecule has 0 aliphatic heterocycles. The van der Waals surface area contributed by atoms with Gasteiger partial charge in [0.2, 0.25) is 0 Å². The minimum Gasteiger partial charge on any atom is -0.310 e. The Labute approximate surface area is 123 Å². The maximum atomic E-state index is 6.20. The highest BCUT2D eigenvalue weighted by atomic mass is 79.9. The summed E-state index contributed by atoms with van der Waals surface area (Å²) in [7, 11) is 0. The molecule has 1 nitrogen and oxygen atoms in total. The van der Waals surface area contributed by atoms with Gasteiger partial charge in [-0.2, -0.15) is 0 Å². The molecule has 0 amide bonds. The second-order valence-electron chi connectivity index (χ2n) is 5.30. The third kappa shape index (κ3) is 3.97. The molecule has 0 spiro atoms. The van der Waals surface area contributed by atoms with E-state index in [-0.39, 0.29) is 0 Å². The van der Waals surface area contributed by atoms with Crippen LogP contribution in [0.25, 0.3) is 0 Å². The van der Waals surface area contributed by atoms with Crippen molar-refractivity contribution in [2.45, 2.75) is 51.6 Å². The summed E-state index contributed by atoms with van der Waals surface area (Å²) < 4.78 is 1.09. The van der Waals surface area contributed by atoms with Crippen molar-refractivity contribution in [3.63, 3.8) is 0 Å². The smallest absolute Gasteiger partial charge is 0.0451 e.